The molecule has 9 heteroatoms. The minimum atomic E-state index is -0.617. The predicted octanol–water partition coefficient (Wildman–Crippen LogP) is 0.0861. The van der Waals surface area contributed by atoms with Crippen molar-refractivity contribution in [2.24, 2.45) is 22.2 Å². The molecule has 2 rings (SSSR count). The maximum Gasteiger partial charge on any atom is 0.148 e. The third-order valence-electron chi connectivity index (χ3n) is 3.06. The van der Waals surface area contributed by atoms with Crippen LogP contribution in [0.25, 0.3) is 0 Å². The normalized spacial score (nSPS) is 19.4. The molecule has 1 aliphatic heterocycles. The summed E-state index contributed by atoms with van der Waals surface area (Å²) in [6.07, 6.45) is 0.805. The third kappa shape index (κ3) is 3.32. The molecule has 2 unspecified atom stereocenters. The van der Waals surface area contributed by atoms with E-state index >= 15 is 0 Å². The summed E-state index contributed by atoms with van der Waals surface area (Å²) in [6.45, 7) is 0.207. The van der Waals surface area contributed by atoms with Crippen molar-refractivity contribution in [3.05, 3.63) is 34.9 Å². The fourth-order valence-electron chi connectivity index (χ4n) is 1.94. The molecule has 7 nitrogen and oxygen atoms in total. The molecule has 0 saturated heterocycles. The van der Waals surface area contributed by atoms with Gasteiger partial charge in [-0.2, -0.15) is 0 Å². The lowest BCUT2D eigenvalue weighted by atomic mass is 10.1. The van der Waals surface area contributed by atoms with Gasteiger partial charge in [0.05, 0.1) is 17.0 Å². The SMILES string of the molecule is NCc1cc(NC2=C(C(N)Br)C(N)N=CN2)c(F)cc1N. The van der Waals surface area contributed by atoms with E-state index in [9.17, 15) is 4.39 Å². The van der Waals surface area contributed by atoms with E-state index in [1.165, 1.54) is 12.4 Å². The summed E-state index contributed by atoms with van der Waals surface area (Å²) in [4.78, 5) is 3.47. The standard InChI is InChI=1S/C12H17BrFN7/c13-10(17)9-11(18)19-4-20-12(9)21-8-1-5(3-15)7(16)2-6(8)14/h1-2,4,10-11,21H,3,15-18H2,(H,19,20). The number of alkyl halides is 1. The molecule has 1 aliphatic rings. The smallest absolute Gasteiger partial charge is 0.148 e. The van der Waals surface area contributed by atoms with Crippen LogP contribution < -0.4 is 33.6 Å². The molecule has 21 heavy (non-hydrogen) atoms. The summed E-state index contributed by atoms with van der Waals surface area (Å²) in [5.74, 6) is -0.0360. The number of benzene rings is 1. The number of nitrogen functional groups attached to an aromatic ring is 1. The number of aliphatic imine (C=N–C) groups is 1. The molecule has 0 spiro atoms. The highest BCUT2D eigenvalue weighted by Gasteiger charge is 2.22. The quantitative estimate of drug-likeness (QED) is 0.256. The molecule has 0 fully saturated rings. The lowest BCUT2D eigenvalue weighted by molar-refractivity contribution is 0.630. The van der Waals surface area contributed by atoms with Crippen LogP contribution in [0.15, 0.2) is 28.5 Å². The molecule has 1 aromatic carbocycles. The first-order chi connectivity index (χ1) is 9.93. The summed E-state index contributed by atoms with van der Waals surface area (Å²) < 4.78 is 14.0. The fraction of sp³-hybridized carbons (Fsp3) is 0.250. The second kappa shape index (κ2) is 6.39. The summed E-state index contributed by atoms with van der Waals surface area (Å²) in [7, 11) is 0. The van der Waals surface area contributed by atoms with Gasteiger partial charge < -0.3 is 33.6 Å². The van der Waals surface area contributed by atoms with Gasteiger partial charge in [-0.3, -0.25) is 4.99 Å². The van der Waals surface area contributed by atoms with Crippen LogP contribution in [0.2, 0.25) is 0 Å². The van der Waals surface area contributed by atoms with Gasteiger partial charge in [0.25, 0.3) is 0 Å². The Bertz CT molecular complexity index is 600. The van der Waals surface area contributed by atoms with E-state index in [-0.39, 0.29) is 12.2 Å². The second-order valence-electron chi connectivity index (χ2n) is 4.46. The highest BCUT2D eigenvalue weighted by atomic mass is 79.9. The lowest BCUT2D eigenvalue weighted by Crippen LogP contribution is -2.39. The largest absolute Gasteiger partial charge is 0.398 e. The number of nitrogens with two attached hydrogens (primary N) is 4. The number of hydrogen-bond acceptors (Lipinski definition) is 7. The fourth-order valence-corrected chi connectivity index (χ4v) is 2.44. The Kier molecular flexibility index (Phi) is 4.78. The van der Waals surface area contributed by atoms with Gasteiger partial charge in [0.15, 0.2) is 0 Å². The predicted molar refractivity (Wildman–Crippen MR) is 85.9 cm³/mol. The molecule has 0 saturated carbocycles. The van der Waals surface area contributed by atoms with Crippen LogP contribution in [0.3, 0.4) is 0 Å². The van der Waals surface area contributed by atoms with Crippen molar-refractivity contribution >= 4 is 33.6 Å². The van der Waals surface area contributed by atoms with Crippen LogP contribution >= 0.6 is 15.9 Å². The number of rotatable bonds is 4. The lowest BCUT2D eigenvalue weighted by Gasteiger charge is -2.25. The number of nitrogens with zero attached hydrogens (tertiary/aromatic N) is 1. The maximum atomic E-state index is 14.0. The highest BCUT2D eigenvalue weighted by Crippen LogP contribution is 2.25. The van der Waals surface area contributed by atoms with Crippen molar-refractivity contribution in [3.63, 3.8) is 0 Å². The molecule has 0 amide bonds. The summed E-state index contributed by atoms with van der Waals surface area (Å²) in [5, 5.41) is 5.78. The Morgan fingerprint density at radius 2 is 2.19 bits per heavy atom. The van der Waals surface area contributed by atoms with Crippen LogP contribution in [-0.4, -0.2) is 17.5 Å². The van der Waals surface area contributed by atoms with E-state index in [0.29, 0.717) is 22.6 Å². The first-order valence-electron chi connectivity index (χ1n) is 6.16. The van der Waals surface area contributed by atoms with E-state index in [4.69, 9.17) is 22.9 Å². The maximum absolute atomic E-state index is 14.0. The van der Waals surface area contributed by atoms with Crippen molar-refractivity contribution in [2.45, 2.75) is 17.7 Å². The zero-order valence-electron chi connectivity index (χ0n) is 11.1. The molecular weight excluding hydrogens is 341 g/mol. The summed E-state index contributed by atoms with van der Waals surface area (Å²) in [5.41, 5.74) is 24.7. The molecule has 0 radical (unpaired) electrons. The van der Waals surface area contributed by atoms with Crippen LogP contribution in [0, 0.1) is 5.82 Å². The molecule has 0 aromatic heterocycles. The second-order valence-corrected chi connectivity index (χ2v) is 5.45. The average Bonchev–Trinajstić information content (AvgIpc) is 2.41. The van der Waals surface area contributed by atoms with Crippen molar-refractivity contribution in [2.75, 3.05) is 11.1 Å². The Balaban J connectivity index is 2.38. The molecule has 2 atom stereocenters. The van der Waals surface area contributed by atoms with Crippen LogP contribution in [0.1, 0.15) is 5.56 Å². The number of hydrogen-bond donors (Lipinski definition) is 6. The van der Waals surface area contributed by atoms with E-state index in [1.807, 2.05) is 0 Å². The Labute approximate surface area is 129 Å². The van der Waals surface area contributed by atoms with Gasteiger partial charge in [-0.25, -0.2) is 4.39 Å². The Hall–Kier alpha value is -1.68. The monoisotopic (exact) mass is 357 g/mol. The minimum absolute atomic E-state index is 0.207. The van der Waals surface area contributed by atoms with Gasteiger partial charge in [-0.1, -0.05) is 15.9 Å². The van der Waals surface area contributed by atoms with Gasteiger partial charge in [0, 0.05) is 17.8 Å². The average molecular weight is 358 g/mol. The number of nitrogens with one attached hydrogen (secondary N) is 2. The first-order valence-corrected chi connectivity index (χ1v) is 7.08. The van der Waals surface area contributed by atoms with Crippen LogP contribution in [-0.2, 0) is 6.54 Å². The molecule has 0 bridgehead atoms. The molecular formula is C12H17BrFN7. The zero-order chi connectivity index (χ0) is 15.6. The van der Waals surface area contributed by atoms with E-state index in [0.717, 1.165) is 0 Å². The van der Waals surface area contributed by atoms with Gasteiger partial charge >= 0.3 is 0 Å². The number of anilines is 2. The van der Waals surface area contributed by atoms with E-state index in [1.54, 1.807) is 6.07 Å². The van der Waals surface area contributed by atoms with Crippen LogP contribution in [0.4, 0.5) is 15.8 Å². The Morgan fingerprint density at radius 3 is 2.81 bits per heavy atom. The summed E-state index contributed by atoms with van der Waals surface area (Å²) >= 11 is 3.24. The van der Waals surface area contributed by atoms with Crippen molar-refractivity contribution in [1.29, 1.82) is 0 Å². The minimum Gasteiger partial charge on any atom is -0.398 e. The Morgan fingerprint density at radius 1 is 1.48 bits per heavy atom. The number of halogens is 2. The van der Waals surface area contributed by atoms with Gasteiger partial charge in [0.1, 0.15) is 17.8 Å². The van der Waals surface area contributed by atoms with Crippen LogP contribution in [0.5, 0.6) is 0 Å². The van der Waals surface area contributed by atoms with Crippen molar-refractivity contribution in [3.8, 4) is 0 Å². The van der Waals surface area contributed by atoms with Gasteiger partial charge in [0.2, 0.25) is 0 Å². The highest BCUT2D eigenvalue weighted by molar-refractivity contribution is 9.09. The van der Waals surface area contributed by atoms with Crippen molar-refractivity contribution in [1.82, 2.24) is 5.32 Å². The zero-order valence-corrected chi connectivity index (χ0v) is 12.7. The molecule has 1 aromatic rings. The topological polar surface area (TPSA) is 140 Å². The van der Waals surface area contributed by atoms with Crippen molar-refractivity contribution < 1.29 is 4.39 Å². The molecule has 0 aliphatic carbocycles. The third-order valence-corrected chi connectivity index (χ3v) is 3.55. The molecule has 10 N–H and O–H groups in total. The van der Waals surface area contributed by atoms with E-state index < -0.39 is 16.9 Å². The summed E-state index contributed by atoms with van der Waals surface area (Å²) in [6, 6.07) is 2.77. The first kappa shape index (κ1) is 15.7. The molecule has 114 valence electrons. The van der Waals surface area contributed by atoms with E-state index in [2.05, 4.69) is 31.6 Å². The van der Waals surface area contributed by atoms with Gasteiger partial charge in [-0.05, 0) is 17.7 Å². The van der Waals surface area contributed by atoms with Gasteiger partial charge in [-0.15, -0.1) is 0 Å². The molecule has 1 heterocycles.